The molecule has 1 aliphatic rings. The van der Waals surface area contributed by atoms with E-state index in [1.807, 2.05) is 38.7 Å². The summed E-state index contributed by atoms with van der Waals surface area (Å²) in [6, 6.07) is -0.164. The van der Waals surface area contributed by atoms with Crippen molar-refractivity contribution in [2.24, 2.45) is 0 Å². The highest BCUT2D eigenvalue weighted by molar-refractivity contribution is 7.11. The van der Waals surface area contributed by atoms with E-state index in [0.717, 1.165) is 21.0 Å². The minimum absolute atomic E-state index is 0.159. The van der Waals surface area contributed by atoms with E-state index in [1.54, 1.807) is 12.3 Å². The number of piperidine rings is 1. The van der Waals surface area contributed by atoms with Crippen LogP contribution in [0.25, 0.3) is 0 Å². The van der Waals surface area contributed by atoms with Gasteiger partial charge in [0.05, 0.1) is 11.0 Å². The Morgan fingerprint density at radius 2 is 2.07 bits per heavy atom. The molecule has 1 amide bonds. The molecule has 0 spiro atoms. The molecular formula is C21H29F2N3OS. The van der Waals surface area contributed by atoms with E-state index in [1.165, 1.54) is 11.3 Å². The van der Waals surface area contributed by atoms with Crippen LogP contribution < -0.4 is 5.32 Å². The summed E-state index contributed by atoms with van der Waals surface area (Å²) < 4.78 is 27.2. The molecular weight excluding hydrogens is 380 g/mol. The second-order valence-corrected chi connectivity index (χ2v) is 8.40. The molecule has 0 aromatic carbocycles. The molecule has 1 saturated heterocycles. The molecule has 2 rings (SSSR count). The smallest absolute Gasteiger partial charge is 0.251 e. The molecule has 0 radical (unpaired) electrons. The topological polar surface area (TPSA) is 45.2 Å². The third kappa shape index (κ3) is 5.58. The molecule has 1 N–H and O–H groups in total. The average Bonchev–Trinajstić information content (AvgIpc) is 3.08. The van der Waals surface area contributed by atoms with Gasteiger partial charge in [-0.15, -0.1) is 11.3 Å². The van der Waals surface area contributed by atoms with Crippen LogP contribution in [0.4, 0.5) is 8.78 Å². The number of amides is 1. The number of aromatic nitrogens is 1. The molecule has 1 unspecified atom stereocenters. The summed E-state index contributed by atoms with van der Waals surface area (Å²) in [7, 11) is 0. The number of likely N-dealkylation sites (tertiary alicyclic amines) is 1. The number of nitrogens with zero attached hydrogens (tertiary/aromatic N) is 2. The SMILES string of the molecule is C=C/C(C)=C(C(=O)NCC(c1cnc(C)s1)N1CCC(F)(F)CC1)\C(C)=C/C. The largest absolute Gasteiger partial charge is 0.350 e. The second kappa shape index (κ2) is 9.56. The molecule has 1 aliphatic heterocycles. The number of carbonyl (C=O) groups excluding carboxylic acids is 1. The van der Waals surface area contributed by atoms with Gasteiger partial charge < -0.3 is 5.32 Å². The maximum absolute atomic E-state index is 13.6. The fourth-order valence-electron chi connectivity index (χ4n) is 3.30. The molecule has 0 aliphatic carbocycles. The molecule has 28 heavy (non-hydrogen) atoms. The first kappa shape index (κ1) is 22.4. The number of alkyl halides is 2. The zero-order chi connectivity index (χ0) is 20.9. The van der Waals surface area contributed by atoms with Crippen LogP contribution in [0.15, 0.2) is 41.6 Å². The van der Waals surface area contributed by atoms with Crippen LogP contribution in [0.2, 0.25) is 0 Å². The van der Waals surface area contributed by atoms with E-state index in [0.29, 0.717) is 25.2 Å². The Morgan fingerprint density at radius 1 is 1.43 bits per heavy atom. The Hall–Kier alpha value is -1.86. The lowest BCUT2D eigenvalue weighted by Gasteiger charge is -2.37. The highest BCUT2D eigenvalue weighted by Crippen LogP contribution is 2.34. The molecule has 7 heteroatoms. The first-order chi connectivity index (χ1) is 13.2. The summed E-state index contributed by atoms with van der Waals surface area (Å²) in [4.78, 5) is 20.2. The van der Waals surface area contributed by atoms with E-state index in [2.05, 4.69) is 16.9 Å². The predicted octanol–water partition coefficient (Wildman–Crippen LogP) is 4.81. The van der Waals surface area contributed by atoms with Crippen molar-refractivity contribution in [2.75, 3.05) is 19.6 Å². The lowest BCUT2D eigenvalue weighted by molar-refractivity contribution is -0.117. The van der Waals surface area contributed by atoms with Gasteiger partial charge >= 0.3 is 0 Å². The third-order valence-corrected chi connectivity index (χ3v) is 6.16. The Bertz CT molecular complexity index is 772. The van der Waals surface area contributed by atoms with Crippen molar-refractivity contribution in [3.8, 4) is 0 Å². The summed E-state index contributed by atoms with van der Waals surface area (Å²) in [5.74, 6) is -2.78. The number of rotatable bonds is 7. The monoisotopic (exact) mass is 409 g/mol. The van der Waals surface area contributed by atoms with Gasteiger partial charge in [0.2, 0.25) is 0 Å². The van der Waals surface area contributed by atoms with Crippen LogP contribution in [0.5, 0.6) is 0 Å². The third-order valence-electron chi connectivity index (χ3n) is 5.15. The summed E-state index contributed by atoms with van der Waals surface area (Å²) in [5.41, 5.74) is 2.27. The maximum atomic E-state index is 13.6. The summed E-state index contributed by atoms with van der Waals surface area (Å²) in [6.07, 6.45) is 5.02. The molecule has 0 saturated carbocycles. The lowest BCUT2D eigenvalue weighted by Crippen LogP contribution is -2.45. The number of carbonyl (C=O) groups is 1. The highest BCUT2D eigenvalue weighted by atomic mass is 32.1. The van der Waals surface area contributed by atoms with Crippen molar-refractivity contribution in [1.82, 2.24) is 15.2 Å². The number of hydrogen-bond donors (Lipinski definition) is 1. The molecule has 4 nitrogen and oxygen atoms in total. The van der Waals surface area contributed by atoms with Gasteiger partial charge in [0.1, 0.15) is 0 Å². The Balaban J connectivity index is 2.19. The number of thiazole rings is 1. The number of allylic oxidation sites excluding steroid dienone is 3. The van der Waals surface area contributed by atoms with Crippen molar-refractivity contribution in [3.63, 3.8) is 0 Å². The Morgan fingerprint density at radius 3 is 2.57 bits per heavy atom. The van der Waals surface area contributed by atoms with Crippen molar-refractivity contribution in [2.45, 2.75) is 52.5 Å². The summed E-state index contributed by atoms with van der Waals surface area (Å²) in [6.45, 7) is 12.2. The molecule has 1 aromatic rings. The van der Waals surface area contributed by atoms with Crippen LogP contribution in [-0.2, 0) is 4.79 Å². The second-order valence-electron chi connectivity index (χ2n) is 7.13. The summed E-state index contributed by atoms with van der Waals surface area (Å²) in [5, 5.41) is 3.92. The normalized spacial score (nSPS) is 19.7. The van der Waals surface area contributed by atoms with Crippen molar-refractivity contribution >= 4 is 17.2 Å². The first-order valence-electron chi connectivity index (χ1n) is 9.47. The number of halogens is 2. The van der Waals surface area contributed by atoms with Gasteiger partial charge in [0.15, 0.2) is 0 Å². The zero-order valence-electron chi connectivity index (χ0n) is 17.0. The maximum Gasteiger partial charge on any atom is 0.251 e. The van der Waals surface area contributed by atoms with Crippen LogP contribution in [0.3, 0.4) is 0 Å². The van der Waals surface area contributed by atoms with Crippen LogP contribution in [0, 0.1) is 6.92 Å². The Labute approximate surface area is 170 Å². The molecule has 1 fully saturated rings. The van der Waals surface area contributed by atoms with Gasteiger partial charge in [-0.3, -0.25) is 9.69 Å². The lowest BCUT2D eigenvalue weighted by atomic mass is 10.0. The Kier molecular flexibility index (Phi) is 7.66. The summed E-state index contributed by atoms with van der Waals surface area (Å²) >= 11 is 1.54. The van der Waals surface area contributed by atoms with Gasteiger partial charge in [0, 0.05) is 49.1 Å². The van der Waals surface area contributed by atoms with Crippen molar-refractivity contribution in [1.29, 1.82) is 0 Å². The van der Waals surface area contributed by atoms with Crippen molar-refractivity contribution in [3.05, 3.63) is 51.5 Å². The van der Waals surface area contributed by atoms with Gasteiger partial charge in [-0.25, -0.2) is 13.8 Å². The molecule has 154 valence electrons. The van der Waals surface area contributed by atoms with Gasteiger partial charge in [-0.2, -0.15) is 0 Å². The fraction of sp³-hybridized carbons (Fsp3) is 0.524. The molecule has 1 atom stereocenters. The van der Waals surface area contributed by atoms with E-state index in [4.69, 9.17) is 0 Å². The van der Waals surface area contributed by atoms with E-state index in [9.17, 15) is 13.6 Å². The molecule has 1 aromatic heterocycles. The molecule has 0 bridgehead atoms. The molecule has 2 heterocycles. The van der Waals surface area contributed by atoms with Crippen LogP contribution in [0.1, 0.15) is 49.5 Å². The number of aryl methyl sites for hydroxylation is 1. The van der Waals surface area contributed by atoms with E-state index in [-0.39, 0.29) is 24.8 Å². The van der Waals surface area contributed by atoms with Gasteiger partial charge in [0.25, 0.3) is 11.8 Å². The first-order valence-corrected chi connectivity index (χ1v) is 10.3. The minimum Gasteiger partial charge on any atom is -0.350 e. The van der Waals surface area contributed by atoms with Gasteiger partial charge in [-0.05, 0) is 38.8 Å². The van der Waals surface area contributed by atoms with Crippen LogP contribution >= 0.6 is 11.3 Å². The predicted molar refractivity (Wildman–Crippen MR) is 111 cm³/mol. The minimum atomic E-state index is -2.60. The number of nitrogens with one attached hydrogen (secondary N) is 1. The fourth-order valence-corrected chi connectivity index (χ4v) is 4.22. The van der Waals surface area contributed by atoms with Crippen molar-refractivity contribution < 1.29 is 13.6 Å². The average molecular weight is 410 g/mol. The highest BCUT2D eigenvalue weighted by Gasteiger charge is 2.37. The standard InChI is InChI=1S/C21H29F2N3OS/c1-6-14(3)19(15(4)7-2)20(27)25-12-17(18-13-24-16(5)28-18)26-10-8-21(22,23)9-11-26/h6-7,13,17H,1,8-12H2,2-5H3,(H,25,27)/b15-7-,19-14+. The van der Waals surface area contributed by atoms with Gasteiger partial charge in [-0.1, -0.05) is 18.7 Å². The number of hydrogen-bond acceptors (Lipinski definition) is 4. The van der Waals surface area contributed by atoms with Crippen LogP contribution in [-0.4, -0.2) is 41.3 Å². The zero-order valence-corrected chi connectivity index (χ0v) is 17.8. The quantitative estimate of drug-likeness (QED) is 0.519. The van der Waals surface area contributed by atoms with E-state index >= 15 is 0 Å². The van der Waals surface area contributed by atoms with E-state index < -0.39 is 5.92 Å².